The van der Waals surface area contributed by atoms with Crippen molar-refractivity contribution in [2.75, 3.05) is 6.61 Å². The van der Waals surface area contributed by atoms with Crippen LogP contribution in [0.25, 0.3) is 0 Å². The summed E-state index contributed by atoms with van der Waals surface area (Å²) in [6, 6.07) is -0.623. The van der Waals surface area contributed by atoms with E-state index in [0.717, 1.165) is 0 Å². The molecule has 0 spiro atoms. The summed E-state index contributed by atoms with van der Waals surface area (Å²) in [5.74, 6) is 0. The second-order valence-corrected chi connectivity index (χ2v) is 19.5. The van der Waals surface area contributed by atoms with Gasteiger partial charge in [-0.15, -0.1) is 0 Å². The molecule has 3 N–H and O–H groups in total. The molecular formula is C22H41N3O6Si2. The summed E-state index contributed by atoms with van der Waals surface area (Å²) in [5.41, 5.74) is 6.87. The van der Waals surface area contributed by atoms with Crippen molar-refractivity contribution in [1.82, 2.24) is 9.55 Å². The predicted molar refractivity (Wildman–Crippen MR) is 132 cm³/mol. The van der Waals surface area contributed by atoms with Crippen LogP contribution in [0.4, 0.5) is 0 Å². The molecule has 11 heteroatoms. The van der Waals surface area contributed by atoms with E-state index in [4.69, 9.17) is 23.4 Å². The number of H-pyrrole nitrogens is 1. The van der Waals surface area contributed by atoms with Crippen molar-refractivity contribution in [3.63, 3.8) is 0 Å². The number of aromatic nitrogens is 2. The summed E-state index contributed by atoms with van der Waals surface area (Å²) in [7, 11) is -5.53. The van der Waals surface area contributed by atoms with Gasteiger partial charge in [-0.3, -0.25) is 14.3 Å². The van der Waals surface area contributed by atoms with Crippen molar-refractivity contribution in [1.29, 1.82) is 0 Å². The first-order valence-electron chi connectivity index (χ1n) is 12.0. The summed E-state index contributed by atoms with van der Waals surface area (Å²) in [6.45, 7) is 19.2. The molecule has 2 fully saturated rings. The van der Waals surface area contributed by atoms with E-state index >= 15 is 0 Å². The standard InChI is InChI=1S/C22H41N3O6Si2/c1-12(2)32(13(3)4)28-11-17-19(30-33(31-32,14(5)6)15(7)8)18(23)21(29-17)25-10-16(9)20(26)24-22(25)27/h10,12-15,17-19,21H,11,23H2,1-9H3,(H,24,26,27)/t17-,18+,19-,21-/m1/s1. The third kappa shape index (κ3) is 4.48. The molecule has 33 heavy (non-hydrogen) atoms. The van der Waals surface area contributed by atoms with Gasteiger partial charge in [0.05, 0.1) is 18.8 Å². The number of aromatic amines is 1. The molecule has 0 saturated carbocycles. The molecule has 188 valence electrons. The molecule has 0 amide bonds. The fourth-order valence-corrected chi connectivity index (χ4v) is 16.4. The molecule has 3 rings (SSSR count). The van der Waals surface area contributed by atoms with Crippen LogP contribution in [0.1, 0.15) is 67.2 Å². The Morgan fingerprint density at radius 1 is 1.00 bits per heavy atom. The molecule has 2 aliphatic heterocycles. The molecule has 3 heterocycles. The minimum atomic E-state index is -2.84. The lowest BCUT2D eigenvalue weighted by molar-refractivity contribution is -0.0568. The van der Waals surface area contributed by atoms with Crippen LogP contribution in [0.5, 0.6) is 0 Å². The molecule has 1 aromatic heterocycles. The van der Waals surface area contributed by atoms with E-state index in [-0.39, 0.29) is 28.8 Å². The average molecular weight is 500 g/mol. The van der Waals surface area contributed by atoms with Gasteiger partial charge in [0, 0.05) is 11.8 Å². The van der Waals surface area contributed by atoms with Crippen LogP contribution in [-0.4, -0.2) is 51.5 Å². The number of nitrogens with one attached hydrogen (secondary N) is 1. The second-order valence-electron chi connectivity index (χ2n) is 10.7. The van der Waals surface area contributed by atoms with Crippen LogP contribution in [0, 0.1) is 6.92 Å². The summed E-state index contributed by atoms with van der Waals surface area (Å²) in [4.78, 5) is 26.8. The highest BCUT2D eigenvalue weighted by Gasteiger charge is 2.61. The van der Waals surface area contributed by atoms with E-state index in [2.05, 4.69) is 60.4 Å². The normalized spacial score (nSPS) is 29.5. The fourth-order valence-electron chi connectivity index (χ4n) is 5.21. The molecule has 0 unspecified atom stereocenters. The number of ether oxygens (including phenoxy) is 1. The van der Waals surface area contributed by atoms with Crippen LogP contribution in [0.3, 0.4) is 0 Å². The van der Waals surface area contributed by atoms with Gasteiger partial charge in [-0.05, 0) is 29.1 Å². The number of rotatable bonds is 5. The molecular weight excluding hydrogens is 458 g/mol. The Morgan fingerprint density at radius 2 is 1.55 bits per heavy atom. The molecule has 1 aromatic rings. The minimum Gasteiger partial charge on any atom is -0.414 e. The van der Waals surface area contributed by atoms with Crippen molar-refractivity contribution in [3.8, 4) is 0 Å². The van der Waals surface area contributed by atoms with Gasteiger partial charge in [-0.1, -0.05) is 55.4 Å². The van der Waals surface area contributed by atoms with Crippen molar-refractivity contribution in [3.05, 3.63) is 32.6 Å². The molecule has 0 radical (unpaired) electrons. The molecule has 2 saturated heterocycles. The smallest absolute Gasteiger partial charge is 0.335 e. The zero-order chi connectivity index (χ0) is 24.9. The number of aryl methyl sites for hydroxylation is 1. The van der Waals surface area contributed by atoms with E-state index in [9.17, 15) is 9.59 Å². The Kier molecular flexibility index (Phi) is 7.65. The predicted octanol–water partition coefficient (Wildman–Crippen LogP) is 3.03. The zero-order valence-electron chi connectivity index (χ0n) is 21.4. The third-order valence-corrected chi connectivity index (χ3v) is 17.4. The van der Waals surface area contributed by atoms with Gasteiger partial charge < -0.3 is 23.4 Å². The maximum absolute atomic E-state index is 12.6. The van der Waals surface area contributed by atoms with Crippen LogP contribution in [0.2, 0.25) is 22.2 Å². The van der Waals surface area contributed by atoms with Crippen molar-refractivity contribution in [2.24, 2.45) is 5.73 Å². The molecule has 0 bridgehead atoms. The summed E-state index contributed by atoms with van der Waals surface area (Å²) in [5, 5.41) is 0. The summed E-state index contributed by atoms with van der Waals surface area (Å²) in [6.07, 6.45) is -0.206. The van der Waals surface area contributed by atoms with Gasteiger partial charge in [0.25, 0.3) is 5.56 Å². The number of nitrogens with two attached hydrogens (primary N) is 1. The molecule has 0 aliphatic carbocycles. The van der Waals surface area contributed by atoms with Gasteiger partial charge in [0.1, 0.15) is 6.10 Å². The molecule has 2 aliphatic rings. The quantitative estimate of drug-likeness (QED) is 0.598. The highest BCUT2D eigenvalue weighted by Crippen LogP contribution is 2.47. The summed E-state index contributed by atoms with van der Waals surface area (Å²) >= 11 is 0. The van der Waals surface area contributed by atoms with Crippen molar-refractivity contribution < 1.29 is 17.7 Å². The van der Waals surface area contributed by atoms with Gasteiger partial charge >= 0.3 is 22.8 Å². The number of nitrogens with zero attached hydrogens (tertiary/aromatic N) is 1. The molecule has 0 aromatic carbocycles. The zero-order valence-corrected chi connectivity index (χ0v) is 23.4. The second kappa shape index (κ2) is 9.52. The monoisotopic (exact) mass is 499 g/mol. The first-order chi connectivity index (χ1) is 15.3. The first-order valence-corrected chi connectivity index (χ1v) is 16.0. The van der Waals surface area contributed by atoms with Gasteiger partial charge in [-0.2, -0.15) is 0 Å². The number of hydrogen-bond donors (Lipinski definition) is 2. The Morgan fingerprint density at radius 3 is 2.06 bits per heavy atom. The lowest BCUT2D eigenvalue weighted by Crippen LogP contribution is -2.66. The highest BCUT2D eigenvalue weighted by atomic mass is 28.5. The van der Waals surface area contributed by atoms with Crippen LogP contribution in [0.15, 0.2) is 15.8 Å². The van der Waals surface area contributed by atoms with E-state index < -0.39 is 52.8 Å². The number of hydrogen-bond acceptors (Lipinski definition) is 7. The summed E-state index contributed by atoms with van der Waals surface area (Å²) < 4.78 is 28.6. The van der Waals surface area contributed by atoms with E-state index in [1.807, 2.05) is 0 Å². The number of fused-ring (bicyclic) bond motifs is 1. The SMILES string of the molecule is Cc1cn([C@@H]2O[C@@H]3CO[Si](C(C)C)(C(C)C)O[Si](C(C)C)(C(C)C)O[C@H]3[C@@H]2N)c(=O)[nH]c1=O. The van der Waals surface area contributed by atoms with Crippen molar-refractivity contribution in [2.45, 2.75) is 109 Å². The van der Waals surface area contributed by atoms with Gasteiger partial charge in [0.15, 0.2) is 6.23 Å². The molecule has 4 atom stereocenters. The van der Waals surface area contributed by atoms with Crippen LogP contribution in [-0.2, 0) is 17.7 Å². The maximum atomic E-state index is 12.6. The van der Waals surface area contributed by atoms with E-state index in [1.165, 1.54) is 10.8 Å². The minimum absolute atomic E-state index is 0.161. The Balaban J connectivity index is 2.10. The Bertz CT molecular complexity index is 944. The first kappa shape index (κ1) is 26.5. The van der Waals surface area contributed by atoms with Crippen LogP contribution >= 0.6 is 0 Å². The highest BCUT2D eigenvalue weighted by molar-refractivity contribution is 6.83. The Labute approximate surface area is 198 Å². The van der Waals surface area contributed by atoms with E-state index in [1.54, 1.807) is 6.92 Å². The van der Waals surface area contributed by atoms with Crippen molar-refractivity contribution >= 4 is 17.1 Å². The third-order valence-electron chi connectivity index (χ3n) is 7.14. The van der Waals surface area contributed by atoms with Gasteiger partial charge in [0.2, 0.25) is 0 Å². The fraction of sp³-hybridized carbons (Fsp3) is 0.818. The Hall–Kier alpha value is -1.09. The largest absolute Gasteiger partial charge is 0.414 e. The van der Waals surface area contributed by atoms with E-state index in [0.29, 0.717) is 5.56 Å². The topological polar surface area (TPSA) is 118 Å². The molecule has 9 nitrogen and oxygen atoms in total. The van der Waals surface area contributed by atoms with Gasteiger partial charge in [-0.25, -0.2) is 4.79 Å². The maximum Gasteiger partial charge on any atom is 0.335 e. The van der Waals surface area contributed by atoms with Crippen LogP contribution < -0.4 is 17.0 Å². The lowest BCUT2D eigenvalue weighted by Gasteiger charge is -2.51. The average Bonchev–Trinajstić information content (AvgIpc) is 2.98. The lowest BCUT2D eigenvalue weighted by atomic mass is 10.1.